The van der Waals surface area contributed by atoms with Gasteiger partial charge in [-0.3, -0.25) is 4.99 Å². The Morgan fingerprint density at radius 3 is 2.60 bits per heavy atom. The normalized spacial score (nSPS) is 10.0. The van der Waals surface area contributed by atoms with Crippen LogP contribution in [0.15, 0.2) is 4.99 Å². The van der Waals surface area contributed by atoms with Crippen molar-refractivity contribution in [2.24, 2.45) is 4.99 Å². The summed E-state index contributed by atoms with van der Waals surface area (Å²) in [5.74, 6) is 0. The van der Waals surface area contributed by atoms with Crippen LogP contribution < -0.4 is 0 Å². The number of aliphatic hydroxyl groups is 1. The maximum Gasteiger partial charge on any atom is 0.133 e. The SMILES string of the molecule is C/C=N\CO. The molecule has 0 aromatic rings. The van der Waals surface area contributed by atoms with Gasteiger partial charge in [-0.1, -0.05) is 0 Å². The number of rotatable bonds is 1. The highest BCUT2D eigenvalue weighted by Crippen LogP contribution is 1.52. The van der Waals surface area contributed by atoms with Crippen LogP contribution in [-0.4, -0.2) is 18.1 Å². The summed E-state index contributed by atoms with van der Waals surface area (Å²) in [4.78, 5) is 3.40. The molecule has 0 aliphatic rings. The molecule has 0 bridgehead atoms. The van der Waals surface area contributed by atoms with Crippen LogP contribution in [-0.2, 0) is 0 Å². The molecule has 0 aromatic carbocycles. The quantitative estimate of drug-likeness (QED) is 0.436. The van der Waals surface area contributed by atoms with E-state index in [1.807, 2.05) is 0 Å². The lowest BCUT2D eigenvalue weighted by Crippen LogP contribution is -1.69. The third-order valence-electron chi connectivity index (χ3n) is 0.264. The van der Waals surface area contributed by atoms with Gasteiger partial charge < -0.3 is 5.11 Å². The standard InChI is InChI=1S/C3H7NO/c1-2-4-3-5/h2,5H,3H2,1H3/b4-2-. The monoisotopic (exact) mass is 73.1 g/mol. The summed E-state index contributed by atoms with van der Waals surface area (Å²) < 4.78 is 0. The summed E-state index contributed by atoms with van der Waals surface area (Å²) in [5.41, 5.74) is 0. The molecular formula is C3H7NO. The van der Waals surface area contributed by atoms with E-state index in [1.54, 1.807) is 13.1 Å². The Morgan fingerprint density at radius 1 is 2.00 bits per heavy atom. The summed E-state index contributed by atoms with van der Waals surface area (Å²) in [6.07, 6.45) is 1.56. The minimum absolute atomic E-state index is 0.0868. The van der Waals surface area contributed by atoms with Gasteiger partial charge in [0.15, 0.2) is 0 Å². The zero-order chi connectivity index (χ0) is 4.12. The maximum atomic E-state index is 7.87. The second kappa shape index (κ2) is 3.63. The van der Waals surface area contributed by atoms with Crippen molar-refractivity contribution >= 4 is 6.21 Å². The Hall–Kier alpha value is -0.370. The van der Waals surface area contributed by atoms with E-state index in [-0.39, 0.29) is 6.73 Å². The van der Waals surface area contributed by atoms with Crippen molar-refractivity contribution in [2.75, 3.05) is 6.73 Å². The predicted molar refractivity (Wildman–Crippen MR) is 21.3 cm³/mol. The number of hydrogen-bond acceptors (Lipinski definition) is 2. The van der Waals surface area contributed by atoms with Crippen LogP contribution >= 0.6 is 0 Å². The lowest BCUT2D eigenvalue weighted by Gasteiger charge is -1.68. The Bertz CT molecular complexity index is 33.9. The van der Waals surface area contributed by atoms with E-state index in [0.29, 0.717) is 0 Å². The van der Waals surface area contributed by atoms with Crippen molar-refractivity contribution in [2.45, 2.75) is 6.92 Å². The second-order valence-corrected chi connectivity index (χ2v) is 0.582. The molecule has 0 saturated heterocycles. The van der Waals surface area contributed by atoms with E-state index in [1.165, 1.54) is 0 Å². The summed E-state index contributed by atoms with van der Waals surface area (Å²) in [7, 11) is 0. The van der Waals surface area contributed by atoms with Crippen LogP contribution in [0.5, 0.6) is 0 Å². The molecule has 2 heteroatoms. The van der Waals surface area contributed by atoms with Crippen LogP contribution in [0, 0.1) is 0 Å². The average molecular weight is 73.1 g/mol. The molecule has 0 atom stereocenters. The zero-order valence-electron chi connectivity index (χ0n) is 3.18. The van der Waals surface area contributed by atoms with Gasteiger partial charge in [-0.05, 0) is 13.1 Å². The molecule has 0 radical (unpaired) electrons. The van der Waals surface area contributed by atoms with Gasteiger partial charge in [0.25, 0.3) is 0 Å². The molecule has 0 aromatic heterocycles. The van der Waals surface area contributed by atoms with Gasteiger partial charge in [-0.2, -0.15) is 0 Å². The first-order chi connectivity index (χ1) is 2.41. The molecule has 1 N–H and O–H groups in total. The van der Waals surface area contributed by atoms with Crippen molar-refractivity contribution < 1.29 is 5.11 Å². The third kappa shape index (κ3) is 3.63. The molecule has 0 aliphatic heterocycles. The Morgan fingerprint density at radius 2 is 2.60 bits per heavy atom. The Balaban J connectivity index is 2.62. The van der Waals surface area contributed by atoms with Gasteiger partial charge in [0, 0.05) is 0 Å². The predicted octanol–water partition coefficient (Wildman–Crippen LogP) is 0.0269. The lowest BCUT2D eigenvalue weighted by molar-refractivity contribution is 0.310. The van der Waals surface area contributed by atoms with E-state index in [2.05, 4.69) is 4.99 Å². The highest BCUT2D eigenvalue weighted by atomic mass is 16.3. The minimum Gasteiger partial charge on any atom is -0.375 e. The van der Waals surface area contributed by atoms with E-state index >= 15 is 0 Å². The van der Waals surface area contributed by atoms with Gasteiger partial charge in [-0.25, -0.2) is 0 Å². The fraction of sp³-hybridized carbons (Fsp3) is 0.667. The number of hydrogen-bond donors (Lipinski definition) is 1. The van der Waals surface area contributed by atoms with Crippen LogP contribution in [0.1, 0.15) is 6.92 Å². The van der Waals surface area contributed by atoms with E-state index in [9.17, 15) is 0 Å². The summed E-state index contributed by atoms with van der Waals surface area (Å²) in [6, 6.07) is 0. The van der Waals surface area contributed by atoms with Gasteiger partial charge in [-0.15, -0.1) is 0 Å². The Kier molecular flexibility index (Phi) is 3.36. The van der Waals surface area contributed by atoms with Crippen molar-refractivity contribution in [1.82, 2.24) is 0 Å². The fourth-order valence-corrected chi connectivity index (χ4v) is 0.0816. The topological polar surface area (TPSA) is 32.6 Å². The van der Waals surface area contributed by atoms with Crippen LogP contribution in [0.2, 0.25) is 0 Å². The highest BCUT2D eigenvalue weighted by molar-refractivity contribution is 5.52. The molecule has 0 fully saturated rings. The first-order valence-corrected chi connectivity index (χ1v) is 1.47. The molecular weight excluding hydrogens is 66.0 g/mol. The smallest absolute Gasteiger partial charge is 0.133 e. The van der Waals surface area contributed by atoms with Crippen molar-refractivity contribution in [3.63, 3.8) is 0 Å². The summed E-state index contributed by atoms with van der Waals surface area (Å²) in [5, 5.41) is 7.87. The van der Waals surface area contributed by atoms with E-state index in [0.717, 1.165) is 0 Å². The Labute approximate surface area is 31.2 Å². The highest BCUT2D eigenvalue weighted by Gasteiger charge is 1.51. The summed E-state index contributed by atoms with van der Waals surface area (Å²) >= 11 is 0. The minimum atomic E-state index is -0.0868. The van der Waals surface area contributed by atoms with E-state index < -0.39 is 0 Å². The van der Waals surface area contributed by atoms with Gasteiger partial charge in [0.1, 0.15) is 6.73 Å². The maximum absolute atomic E-state index is 7.87. The molecule has 5 heavy (non-hydrogen) atoms. The molecule has 0 heterocycles. The van der Waals surface area contributed by atoms with Gasteiger partial charge in [0.2, 0.25) is 0 Å². The molecule has 0 saturated carbocycles. The molecule has 30 valence electrons. The molecule has 2 nitrogen and oxygen atoms in total. The molecule has 0 unspecified atom stereocenters. The van der Waals surface area contributed by atoms with Gasteiger partial charge >= 0.3 is 0 Å². The largest absolute Gasteiger partial charge is 0.375 e. The number of aliphatic hydroxyl groups excluding tert-OH is 1. The third-order valence-corrected chi connectivity index (χ3v) is 0.264. The van der Waals surface area contributed by atoms with E-state index in [4.69, 9.17) is 5.11 Å². The molecule has 0 spiro atoms. The second-order valence-electron chi connectivity index (χ2n) is 0.582. The van der Waals surface area contributed by atoms with Crippen molar-refractivity contribution in [3.05, 3.63) is 0 Å². The first kappa shape index (κ1) is 4.63. The molecule has 0 rings (SSSR count). The number of aliphatic imine (C=N–C) groups is 1. The van der Waals surface area contributed by atoms with Crippen molar-refractivity contribution in [3.8, 4) is 0 Å². The summed E-state index contributed by atoms with van der Waals surface area (Å²) in [6.45, 7) is 1.67. The fourth-order valence-electron chi connectivity index (χ4n) is 0.0816. The van der Waals surface area contributed by atoms with Crippen LogP contribution in [0.3, 0.4) is 0 Å². The van der Waals surface area contributed by atoms with Crippen molar-refractivity contribution in [1.29, 1.82) is 0 Å². The number of nitrogens with zero attached hydrogens (tertiary/aromatic N) is 1. The lowest BCUT2D eigenvalue weighted by atomic mass is 10.9. The zero-order valence-corrected chi connectivity index (χ0v) is 3.18. The van der Waals surface area contributed by atoms with Crippen LogP contribution in [0.4, 0.5) is 0 Å². The average Bonchev–Trinajstić information content (AvgIpc) is 1.41. The van der Waals surface area contributed by atoms with Crippen LogP contribution in [0.25, 0.3) is 0 Å². The van der Waals surface area contributed by atoms with Gasteiger partial charge in [0.05, 0.1) is 0 Å². The molecule has 0 amide bonds. The first-order valence-electron chi connectivity index (χ1n) is 1.47. The molecule has 0 aliphatic carbocycles.